The summed E-state index contributed by atoms with van der Waals surface area (Å²) in [7, 11) is 1.57. The van der Waals surface area contributed by atoms with Crippen LogP contribution in [0, 0.1) is 0 Å². The average molecular weight is 510 g/mol. The first-order valence-electron chi connectivity index (χ1n) is 10.3. The van der Waals surface area contributed by atoms with Crippen molar-refractivity contribution in [2.45, 2.75) is 13.5 Å². The lowest BCUT2D eigenvalue weighted by atomic mass is 10.1. The maximum Gasteiger partial charge on any atom is 0.338 e. The maximum atomic E-state index is 12.3. The second-order valence-corrected chi connectivity index (χ2v) is 7.78. The van der Waals surface area contributed by atoms with Gasteiger partial charge in [0.1, 0.15) is 6.61 Å². The van der Waals surface area contributed by atoms with Crippen LogP contribution < -0.4 is 14.8 Å². The molecule has 33 heavy (non-hydrogen) atoms. The third kappa shape index (κ3) is 6.95. The highest BCUT2D eigenvalue weighted by atomic mass is 79.9. The van der Waals surface area contributed by atoms with E-state index in [9.17, 15) is 9.59 Å². The Hall–Kier alpha value is -3.58. The van der Waals surface area contributed by atoms with Crippen molar-refractivity contribution >= 4 is 39.6 Å². The molecule has 0 saturated heterocycles. The number of nitrogens with one attached hydrogen (secondary N) is 1. The third-order valence-electron chi connectivity index (χ3n) is 4.57. The Balaban J connectivity index is 1.64. The van der Waals surface area contributed by atoms with E-state index < -0.39 is 5.97 Å². The maximum absolute atomic E-state index is 12.3. The number of hydrogen-bond donors (Lipinski definition) is 1. The zero-order valence-electron chi connectivity index (χ0n) is 18.3. The number of halogens is 1. The van der Waals surface area contributed by atoms with Gasteiger partial charge in [0.15, 0.2) is 11.5 Å². The molecular formula is C26H24BrNO5. The van der Waals surface area contributed by atoms with E-state index in [1.807, 2.05) is 36.4 Å². The number of esters is 1. The molecule has 0 radical (unpaired) electrons. The molecule has 0 saturated carbocycles. The topological polar surface area (TPSA) is 73.9 Å². The minimum atomic E-state index is -0.397. The van der Waals surface area contributed by atoms with Gasteiger partial charge in [0.25, 0.3) is 0 Å². The van der Waals surface area contributed by atoms with Gasteiger partial charge in [0, 0.05) is 11.8 Å². The van der Waals surface area contributed by atoms with Crippen LogP contribution in [0.15, 0.2) is 77.3 Å². The van der Waals surface area contributed by atoms with Gasteiger partial charge in [-0.2, -0.15) is 0 Å². The molecule has 0 spiro atoms. The molecule has 0 aliphatic heterocycles. The lowest BCUT2D eigenvalue weighted by molar-refractivity contribution is -0.111. The molecule has 1 N–H and O–H groups in total. The molecule has 0 atom stereocenters. The molecular weight excluding hydrogens is 486 g/mol. The quantitative estimate of drug-likeness (QED) is 0.288. The van der Waals surface area contributed by atoms with Crippen molar-refractivity contribution in [2.24, 2.45) is 0 Å². The van der Waals surface area contributed by atoms with Crippen LogP contribution >= 0.6 is 15.9 Å². The molecule has 170 valence electrons. The van der Waals surface area contributed by atoms with E-state index in [1.165, 1.54) is 6.08 Å². The number of ether oxygens (including phenoxy) is 3. The Labute approximate surface area is 201 Å². The lowest BCUT2D eigenvalue weighted by Gasteiger charge is -2.13. The van der Waals surface area contributed by atoms with Gasteiger partial charge in [-0.05, 0) is 76.5 Å². The van der Waals surface area contributed by atoms with E-state index in [0.29, 0.717) is 40.4 Å². The summed E-state index contributed by atoms with van der Waals surface area (Å²) in [4.78, 5) is 24.0. The first-order chi connectivity index (χ1) is 16.0. The van der Waals surface area contributed by atoms with E-state index in [-0.39, 0.29) is 5.91 Å². The first kappa shape index (κ1) is 24.1. The lowest BCUT2D eigenvalue weighted by Crippen LogP contribution is -2.09. The summed E-state index contributed by atoms with van der Waals surface area (Å²) in [5, 5.41) is 2.76. The van der Waals surface area contributed by atoms with Gasteiger partial charge in [0.2, 0.25) is 5.91 Å². The second kappa shape index (κ2) is 11.9. The number of rotatable bonds is 9. The van der Waals surface area contributed by atoms with Gasteiger partial charge >= 0.3 is 5.97 Å². The fourth-order valence-corrected chi connectivity index (χ4v) is 3.54. The number of carbonyl (C=O) groups excluding carboxylic acids is 2. The highest BCUT2D eigenvalue weighted by Gasteiger charge is 2.12. The molecule has 3 aromatic carbocycles. The zero-order chi connectivity index (χ0) is 23.6. The number of carbonyl (C=O) groups is 2. The third-order valence-corrected chi connectivity index (χ3v) is 5.16. The Morgan fingerprint density at radius 1 is 1.03 bits per heavy atom. The Bertz CT molecular complexity index is 1130. The molecule has 0 heterocycles. The van der Waals surface area contributed by atoms with E-state index in [0.717, 1.165) is 11.1 Å². The van der Waals surface area contributed by atoms with Gasteiger partial charge in [-0.1, -0.05) is 30.3 Å². The van der Waals surface area contributed by atoms with Crippen LogP contribution in [0.5, 0.6) is 11.5 Å². The normalized spacial score (nSPS) is 10.6. The van der Waals surface area contributed by atoms with Crippen LogP contribution in [0.3, 0.4) is 0 Å². The van der Waals surface area contributed by atoms with Crippen LogP contribution in [0.1, 0.15) is 28.4 Å². The van der Waals surface area contributed by atoms with Crippen LogP contribution in [0.25, 0.3) is 6.08 Å². The number of benzene rings is 3. The summed E-state index contributed by atoms with van der Waals surface area (Å²) in [6, 6.07) is 20.0. The summed E-state index contributed by atoms with van der Waals surface area (Å²) in [5.74, 6) is 0.434. The van der Waals surface area contributed by atoms with Gasteiger partial charge in [-0.15, -0.1) is 0 Å². The van der Waals surface area contributed by atoms with E-state index in [2.05, 4.69) is 21.2 Å². The van der Waals surface area contributed by atoms with Crippen LogP contribution in [-0.4, -0.2) is 25.6 Å². The van der Waals surface area contributed by atoms with Crippen molar-refractivity contribution in [3.63, 3.8) is 0 Å². The van der Waals surface area contributed by atoms with Crippen molar-refractivity contribution in [1.82, 2.24) is 0 Å². The van der Waals surface area contributed by atoms with E-state index in [1.54, 1.807) is 50.4 Å². The number of hydrogen-bond acceptors (Lipinski definition) is 5. The molecule has 0 aromatic heterocycles. The Morgan fingerprint density at radius 2 is 1.76 bits per heavy atom. The Morgan fingerprint density at radius 3 is 2.42 bits per heavy atom. The van der Waals surface area contributed by atoms with Gasteiger partial charge in [-0.3, -0.25) is 4.79 Å². The van der Waals surface area contributed by atoms with Crippen LogP contribution in [0.2, 0.25) is 0 Å². The molecule has 0 fully saturated rings. The fourth-order valence-electron chi connectivity index (χ4n) is 2.97. The number of methoxy groups -OCH3 is 1. The molecule has 0 aliphatic rings. The number of anilines is 1. The van der Waals surface area contributed by atoms with Gasteiger partial charge in [0.05, 0.1) is 23.8 Å². The summed E-state index contributed by atoms with van der Waals surface area (Å²) < 4.78 is 17.1. The molecule has 3 rings (SSSR count). The van der Waals surface area contributed by atoms with Crippen LogP contribution in [0.4, 0.5) is 5.69 Å². The van der Waals surface area contributed by atoms with E-state index in [4.69, 9.17) is 14.2 Å². The SMILES string of the molecule is CCOC(=O)c1ccc(NC(=O)C=Cc2cc(Br)c(OCc3ccccc3)c(OC)c2)cc1. The fraction of sp³-hybridized carbons (Fsp3) is 0.154. The highest BCUT2D eigenvalue weighted by Crippen LogP contribution is 2.37. The summed E-state index contributed by atoms with van der Waals surface area (Å²) in [5.41, 5.74) is 2.80. The van der Waals surface area contributed by atoms with Crippen molar-refractivity contribution in [2.75, 3.05) is 19.0 Å². The van der Waals surface area contributed by atoms with E-state index >= 15 is 0 Å². The second-order valence-electron chi connectivity index (χ2n) is 6.93. The van der Waals surface area contributed by atoms with Crippen molar-refractivity contribution in [3.05, 3.63) is 94.0 Å². The molecule has 6 nitrogen and oxygen atoms in total. The minimum Gasteiger partial charge on any atom is -0.493 e. The van der Waals surface area contributed by atoms with Gasteiger partial charge < -0.3 is 19.5 Å². The van der Waals surface area contributed by atoms with Crippen molar-refractivity contribution in [3.8, 4) is 11.5 Å². The zero-order valence-corrected chi connectivity index (χ0v) is 19.9. The smallest absolute Gasteiger partial charge is 0.338 e. The largest absolute Gasteiger partial charge is 0.493 e. The molecule has 0 bridgehead atoms. The standard InChI is InChI=1S/C26H24BrNO5/c1-3-32-26(30)20-10-12-21(13-11-20)28-24(29)14-9-19-15-22(27)25(23(16-19)31-2)33-17-18-7-5-4-6-8-18/h4-16H,3,17H2,1-2H3,(H,28,29). The summed E-state index contributed by atoms with van der Waals surface area (Å²) in [6.07, 6.45) is 3.10. The molecule has 3 aromatic rings. The average Bonchev–Trinajstić information content (AvgIpc) is 2.83. The highest BCUT2D eigenvalue weighted by molar-refractivity contribution is 9.10. The number of amides is 1. The van der Waals surface area contributed by atoms with Gasteiger partial charge in [-0.25, -0.2) is 4.79 Å². The molecule has 7 heteroatoms. The minimum absolute atomic E-state index is 0.307. The van der Waals surface area contributed by atoms with Crippen LogP contribution in [-0.2, 0) is 16.1 Å². The first-order valence-corrected chi connectivity index (χ1v) is 11.1. The molecule has 1 amide bonds. The van der Waals surface area contributed by atoms with Crippen molar-refractivity contribution in [1.29, 1.82) is 0 Å². The molecule has 0 aliphatic carbocycles. The predicted octanol–water partition coefficient (Wildman–Crippen LogP) is 5.87. The summed E-state index contributed by atoms with van der Waals surface area (Å²) >= 11 is 3.53. The predicted molar refractivity (Wildman–Crippen MR) is 132 cm³/mol. The monoisotopic (exact) mass is 509 g/mol. The summed E-state index contributed by atoms with van der Waals surface area (Å²) in [6.45, 7) is 2.46. The Kier molecular flexibility index (Phi) is 8.66. The van der Waals surface area contributed by atoms with Crippen molar-refractivity contribution < 1.29 is 23.8 Å². The molecule has 0 unspecified atom stereocenters.